The van der Waals surface area contributed by atoms with E-state index in [0.717, 1.165) is 32.0 Å². The van der Waals surface area contributed by atoms with Crippen molar-refractivity contribution < 1.29 is 23.8 Å². The molecular weight excluding hydrogens is 436 g/mol. The lowest BCUT2D eigenvalue weighted by molar-refractivity contribution is 0.0287. The van der Waals surface area contributed by atoms with E-state index >= 15 is 0 Å². The first-order valence-corrected chi connectivity index (χ1v) is 12.3. The molecule has 0 aromatic carbocycles. The summed E-state index contributed by atoms with van der Waals surface area (Å²) in [5.41, 5.74) is -0.0685. The number of rotatable bonds is 4. The highest BCUT2D eigenvalue weighted by atomic mass is 16.6. The summed E-state index contributed by atoms with van der Waals surface area (Å²) >= 11 is 0. The highest BCUT2D eigenvalue weighted by Crippen LogP contribution is 2.31. The van der Waals surface area contributed by atoms with Gasteiger partial charge in [0.2, 0.25) is 0 Å². The van der Waals surface area contributed by atoms with Crippen LogP contribution < -0.4 is 4.74 Å². The number of nitrogens with zero attached hydrogens (tertiary/aromatic N) is 4. The number of piperidine rings is 1. The SMILES string of the molecule is CC(C)(C)OC(=O)n1c(C(=O)N2CCOCC2)cc2cc(OC3CCN(C4CC4)CC3)cnc21. The summed E-state index contributed by atoms with van der Waals surface area (Å²) in [5.74, 6) is 0.422. The largest absolute Gasteiger partial charge is 0.489 e. The molecule has 0 N–H and O–H groups in total. The van der Waals surface area contributed by atoms with Gasteiger partial charge in [-0.3, -0.25) is 4.79 Å². The van der Waals surface area contributed by atoms with Crippen molar-refractivity contribution in [2.45, 2.75) is 64.2 Å². The summed E-state index contributed by atoms with van der Waals surface area (Å²) < 4.78 is 18.5. The Hall–Kier alpha value is -2.65. The zero-order valence-corrected chi connectivity index (χ0v) is 20.3. The number of morpholine rings is 1. The Morgan fingerprint density at radius 1 is 1.03 bits per heavy atom. The van der Waals surface area contributed by atoms with Gasteiger partial charge in [-0.05, 0) is 58.6 Å². The lowest BCUT2D eigenvalue weighted by Gasteiger charge is -2.32. The van der Waals surface area contributed by atoms with Gasteiger partial charge in [-0.2, -0.15) is 0 Å². The molecule has 0 unspecified atom stereocenters. The Labute approximate surface area is 199 Å². The van der Waals surface area contributed by atoms with Crippen molar-refractivity contribution >= 4 is 23.0 Å². The maximum absolute atomic E-state index is 13.3. The molecule has 1 amide bonds. The molecule has 4 heterocycles. The molecule has 2 saturated heterocycles. The monoisotopic (exact) mass is 470 g/mol. The molecule has 9 heteroatoms. The van der Waals surface area contributed by atoms with Crippen LogP contribution in [0, 0.1) is 0 Å². The van der Waals surface area contributed by atoms with Crippen molar-refractivity contribution in [2.75, 3.05) is 39.4 Å². The molecular formula is C25H34N4O5. The van der Waals surface area contributed by atoms with Gasteiger partial charge in [0.05, 0.1) is 19.4 Å². The van der Waals surface area contributed by atoms with Gasteiger partial charge >= 0.3 is 6.09 Å². The van der Waals surface area contributed by atoms with Gasteiger partial charge in [-0.25, -0.2) is 14.3 Å². The molecule has 184 valence electrons. The van der Waals surface area contributed by atoms with Gasteiger partial charge in [0.25, 0.3) is 5.91 Å². The molecule has 1 aliphatic carbocycles. The maximum Gasteiger partial charge on any atom is 0.420 e. The molecule has 0 spiro atoms. The Kier molecular flexibility index (Phi) is 6.24. The third-order valence-electron chi connectivity index (χ3n) is 6.55. The van der Waals surface area contributed by atoms with E-state index in [1.54, 1.807) is 37.9 Å². The Bertz CT molecular complexity index is 1060. The number of pyridine rings is 1. The zero-order chi connectivity index (χ0) is 23.9. The number of likely N-dealkylation sites (tertiary alicyclic amines) is 1. The Morgan fingerprint density at radius 3 is 2.38 bits per heavy atom. The third kappa shape index (κ3) is 5.05. The maximum atomic E-state index is 13.3. The van der Waals surface area contributed by atoms with E-state index in [2.05, 4.69) is 9.88 Å². The first-order valence-electron chi connectivity index (χ1n) is 12.3. The average Bonchev–Trinajstić information content (AvgIpc) is 3.58. The molecule has 3 fully saturated rings. The zero-order valence-electron chi connectivity index (χ0n) is 20.3. The van der Waals surface area contributed by atoms with Gasteiger partial charge < -0.3 is 24.0 Å². The van der Waals surface area contributed by atoms with E-state index < -0.39 is 11.7 Å². The van der Waals surface area contributed by atoms with Crippen LogP contribution in [0.4, 0.5) is 4.79 Å². The summed E-state index contributed by atoms with van der Waals surface area (Å²) in [5, 5.41) is 0.676. The fourth-order valence-corrected chi connectivity index (χ4v) is 4.71. The Morgan fingerprint density at radius 2 is 1.74 bits per heavy atom. The molecule has 2 aliphatic heterocycles. The van der Waals surface area contributed by atoms with Gasteiger partial charge in [0.1, 0.15) is 28.8 Å². The van der Waals surface area contributed by atoms with Crippen molar-refractivity contribution in [1.29, 1.82) is 0 Å². The van der Waals surface area contributed by atoms with Crippen LogP contribution in [0.5, 0.6) is 5.75 Å². The number of carbonyl (C=O) groups excluding carboxylic acids is 2. The Balaban J connectivity index is 1.40. The second kappa shape index (κ2) is 9.19. The van der Waals surface area contributed by atoms with Crippen LogP contribution in [0.25, 0.3) is 11.0 Å². The lowest BCUT2D eigenvalue weighted by Crippen LogP contribution is -2.42. The quantitative estimate of drug-likeness (QED) is 0.678. The standard InChI is InChI=1S/C25H34N4O5/c1-25(2,3)34-24(31)29-21(23(30)28-10-12-32-13-11-28)15-17-14-20(16-26-22(17)29)33-19-6-8-27(9-7-19)18-4-5-18/h14-16,18-19H,4-13H2,1-3H3. The minimum absolute atomic E-state index is 0.150. The number of hydrogen-bond acceptors (Lipinski definition) is 7. The third-order valence-corrected chi connectivity index (χ3v) is 6.55. The number of aromatic nitrogens is 2. The van der Waals surface area contributed by atoms with Crippen molar-refractivity contribution in [2.24, 2.45) is 0 Å². The molecule has 0 atom stereocenters. The smallest absolute Gasteiger partial charge is 0.420 e. The summed E-state index contributed by atoms with van der Waals surface area (Å²) in [6.45, 7) is 9.46. The van der Waals surface area contributed by atoms with E-state index in [1.807, 2.05) is 6.07 Å². The first-order chi connectivity index (χ1) is 16.3. The fourth-order valence-electron chi connectivity index (χ4n) is 4.71. The van der Waals surface area contributed by atoms with Crippen molar-refractivity contribution in [3.05, 3.63) is 24.0 Å². The number of carbonyl (C=O) groups is 2. The first kappa shape index (κ1) is 23.1. The van der Waals surface area contributed by atoms with Crippen LogP contribution in [0.2, 0.25) is 0 Å². The summed E-state index contributed by atoms with van der Waals surface area (Å²) in [6, 6.07) is 4.37. The normalized spacial score (nSPS) is 20.5. The summed E-state index contributed by atoms with van der Waals surface area (Å²) in [4.78, 5) is 35.2. The van der Waals surface area contributed by atoms with Gasteiger partial charge in [0.15, 0.2) is 0 Å². The predicted octanol–water partition coefficient (Wildman–Crippen LogP) is 3.30. The average molecular weight is 471 g/mol. The van der Waals surface area contributed by atoms with Gasteiger partial charge in [-0.15, -0.1) is 0 Å². The summed E-state index contributed by atoms with van der Waals surface area (Å²) in [6.07, 6.45) is 5.81. The molecule has 2 aromatic rings. The van der Waals surface area contributed by atoms with Crippen molar-refractivity contribution in [3.63, 3.8) is 0 Å². The molecule has 2 aromatic heterocycles. The van der Waals surface area contributed by atoms with E-state index in [4.69, 9.17) is 14.2 Å². The van der Waals surface area contributed by atoms with Crippen LogP contribution in [-0.2, 0) is 9.47 Å². The molecule has 5 rings (SSSR count). The van der Waals surface area contributed by atoms with Crippen molar-refractivity contribution in [1.82, 2.24) is 19.4 Å². The van der Waals surface area contributed by atoms with Crippen LogP contribution in [0.1, 0.15) is 56.9 Å². The molecule has 0 bridgehead atoms. The topological polar surface area (TPSA) is 86.1 Å². The van der Waals surface area contributed by atoms with E-state index in [0.29, 0.717) is 43.1 Å². The lowest BCUT2D eigenvalue weighted by atomic mass is 10.1. The fraction of sp³-hybridized carbons (Fsp3) is 0.640. The van der Waals surface area contributed by atoms with Gasteiger partial charge in [0, 0.05) is 37.6 Å². The predicted molar refractivity (Wildman–Crippen MR) is 126 cm³/mol. The van der Waals surface area contributed by atoms with Crippen LogP contribution in [-0.4, -0.2) is 88.5 Å². The van der Waals surface area contributed by atoms with Crippen LogP contribution >= 0.6 is 0 Å². The minimum atomic E-state index is -0.703. The number of ether oxygens (including phenoxy) is 3. The van der Waals surface area contributed by atoms with Crippen molar-refractivity contribution in [3.8, 4) is 5.75 Å². The number of amides is 1. The second-order valence-corrected chi connectivity index (χ2v) is 10.4. The highest BCUT2D eigenvalue weighted by molar-refractivity contribution is 6.03. The van der Waals surface area contributed by atoms with Crippen LogP contribution in [0.15, 0.2) is 18.3 Å². The molecule has 0 radical (unpaired) electrons. The molecule has 3 aliphatic rings. The summed E-state index contributed by atoms with van der Waals surface area (Å²) in [7, 11) is 0. The van der Waals surface area contributed by atoms with E-state index in [-0.39, 0.29) is 17.7 Å². The van der Waals surface area contributed by atoms with Gasteiger partial charge in [-0.1, -0.05) is 0 Å². The highest BCUT2D eigenvalue weighted by Gasteiger charge is 2.33. The second-order valence-electron chi connectivity index (χ2n) is 10.4. The number of fused-ring (bicyclic) bond motifs is 1. The van der Waals surface area contributed by atoms with E-state index in [9.17, 15) is 9.59 Å². The molecule has 1 saturated carbocycles. The number of hydrogen-bond donors (Lipinski definition) is 0. The molecule has 9 nitrogen and oxygen atoms in total. The minimum Gasteiger partial charge on any atom is -0.489 e. The molecule has 34 heavy (non-hydrogen) atoms. The van der Waals surface area contributed by atoms with E-state index in [1.165, 1.54) is 17.4 Å². The van der Waals surface area contributed by atoms with Crippen LogP contribution in [0.3, 0.4) is 0 Å².